The minimum absolute atomic E-state index is 0.462. The van der Waals surface area contributed by atoms with Crippen LogP contribution in [0.3, 0.4) is 0 Å². The zero-order valence-corrected chi connectivity index (χ0v) is 12.0. The monoisotopic (exact) mass is 291 g/mol. The number of rotatable bonds is 3. The maximum Gasteiger partial charge on any atom is 0.276 e. The molecule has 108 valence electrons. The van der Waals surface area contributed by atoms with Gasteiger partial charge < -0.3 is 4.52 Å². The number of nitrogens with zero attached hydrogens (tertiary/aromatic N) is 5. The molecule has 0 unspecified atom stereocenters. The zero-order chi connectivity index (χ0) is 14.9. The molecule has 4 rings (SSSR count). The Labute approximate surface area is 126 Å². The fourth-order valence-electron chi connectivity index (χ4n) is 2.46. The van der Waals surface area contributed by atoms with E-state index in [0.717, 1.165) is 17.0 Å². The van der Waals surface area contributed by atoms with Crippen LogP contribution in [0, 0.1) is 6.92 Å². The molecule has 0 N–H and O–H groups in total. The molecule has 0 bridgehead atoms. The Morgan fingerprint density at radius 1 is 1.09 bits per heavy atom. The predicted octanol–water partition coefficient (Wildman–Crippen LogP) is 2.68. The van der Waals surface area contributed by atoms with Crippen molar-refractivity contribution < 1.29 is 4.52 Å². The average Bonchev–Trinajstić information content (AvgIpc) is 3.11. The van der Waals surface area contributed by atoms with E-state index in [4.69, 9.17) is 4.52 Å². The maximum atomic E-state index is 5.42. The van der Waals surface area contributed by atoms with E-state index in [0.29, 0.717) is 23.9 Å². The van der Waals surface area contributed by atoms with Gasteiger partial charge in [-0.05, 0) is 18.6 Å². The molecule has 0 aliphatic rings. The average molecular weight is 291 g/mol. The normalized spacial score (nSPS) is 11.1. The Hall–Kier alpha value is -3.02. The number of imidazole rings is 1. The predicted molar refractivity (Wildman–Crippen MR) is 80.3 cm³/mol. The number of fused-ring (bicyclic) bond motifs is 1. The van der Waals surface area contributed by atoms with Crippen molar-refractivity contribution in [2.24, 2.45) is 0 Å². The first-order valence-electron chi connectivity index (χ1n) is 6.98. The lowest BCUT2D eigenvalue weighted by Gasteiger charge is -1.96. The van der Waals surface area contributed by atoms with Crippen molar-refractivity contribution in [1.82, 2.24) is 24.5 Å². The number of aromatic nitrogens is 5. The Morgan fingerprint density at radius 3 is 2.82 bits per heavy atom. The molecule has 6 nitrogen and oxygen atoms in total. The summed E-state index contributed by atoms with van der Waals surface area (Å²) < 4.78 is 7.28. The molecule has 0 saturated carbocycles. The van der Waals surface area contributed by atoms with Gasteiger partial charge in [0.25, 0.3) is 5.89 Å². The van der Waals surface area contributed by atoms with E-state index >= 15 is 0 Å². The first-order chi connectivity index (χ1) is 10.8. The molecular formula is C16H13N5O. The van der Waals surface area contributed by atoms with Gasteiger partial charge in [0.05, 0.1) is 5.69 Å². The Balaban J connectivity index is 1.73. The van der Waals surface area contributed by atoms with Crippen LogP contribution < -0.4 is 0 Å². The first-order valence-corrected chi connectivity index (χ1v) is 6.98. The van der Waals surface area contributed by atoms with E-state index in [2.05, 4.69) is 20.1 Å². The Morgan fingerprint density at radius 2 is 1.95 bits per heavy atom. The first kappa shape index (κ1) is 12.7. The van der Waals surface area contributed by atoms with Gasteiger partial charge in [0.1, 0.15) is 5.69 Å². The van der Waals surface area contributed by atoms with Gasteiger partial charge in [0.2, 0.25) is 5.78 Å². The second-order valence-corrected chi connectivity index (χ2v) is 5.01. The van der Waals surface area contributed by atoms with Crippen LogP contribution >= 0.6 is 0 Å². The number of hydrogen-bond acceptors (Lipinski definition) is 5. The van der Waals surface area contributed by atoms with Crippen molar-refractivity contribution in [1.29, 1.82) is 0 Å². The van der Waals surface area contributed by atoms with Gasteiger partial charge in [0.15, 0.2) is 5.82 Å². The third kappa shape index (κ3) is 2.14. The molecule has 0 aliphatic heterocycles. The Kier molecular flexibility index (Phi) is 2.93. The van der Waals surface area contributed by atoms with E-state index in [9.17, 15) is 0 Å². The summed E-state index contributed by atoms with van der Waals surface area (Å²) in [7, 11) is 0. The fraction of sp³-hybridized carbons (Fsp3) is 0.125. The molecule has 4 aromatic rings. The molecule has 3 heterocycles. The molecule has 6 heteroatoms. The molecule has 0 spiro atoms. The van der Waals surface area contributed by atoms with Gasteiger partial charge in [-0.2, -0.15) is 4.98 Å². The molecule has 0 radical (unpaired) electrons. The van der Waals surface area contributed by atoms with Crippen molar-refractivity contribution in [3.63, 3.8) is 0 Å². The third-order valence-electron chi connectivity index (χ3n) is 3.45. The van der Waals surface area contributed by atoms with Crippen LogP contribution in [0.1, 0.15) is 17.1 Å². The largest absolute Gasteiger partial charge is 0.332 e. The highest BCUT2D eigenvalue weighted by Gasteiger charge is 2.17. The second-order valence-electron chi connectivity index (χ2n) is 5.01. The molecule has 3 aromatic heterocycles. The van der Waals surface area contributed by atoms with Crippen LogP contribution in [0.15, 0.2) is 53.3 Å². The number of hydrogen-bond donors (Lipinski definition) is 0. The summed E-state index contributed by atoms with van der Waals surface area (Å²) in [5.74, 6) is 1.74. The minimum Gasteiger partial charge on any atom is -0.332 e. The van der Waals surface area contributed by atoms with Gasteiger partial charge >= 0.3 is 0 Å². The van der Waals surface area contributed by atoms with Gasteiger partial charge in [-0.3, -0.25) is 4.40 Å². The molecule has 0 aliphatic carbocycles. The molecule has 0 saturated heterocycles. The molecule has 0 fully saturated rings. The Bertz CT molecular complexity index is 926. The van der Waals surface area contributed by atoms with Gasteiger partial charge in [-0.25, -0.2) is 9.97 Å². The summed E-state index contributed by atoms with van der Waals surface area (Å²) in [5, 5.41) is 4.07. The summed E-state index contributed by atoms with van der Waals surface area (Å²) >= 11 is 0. The highest BCUT2D eigenvalue weighted by Crippen LogP contribution is 2.22. The highest BCUT2D eigenvalue weighted by molar-refractivity contribution is 5.57. The van der Waals surface area contributed by atoms with Gasteiger partial charge in [-0.1, -0.05) is 35.5 Å². The van der Waals surface area contributed by atoms with Crippen LogP contribution in [0.25, 0.3) is 17.4 Å². The maximum absolute atomic E-state index is 5.42. The van der Waals surface area contributed by atoms with Gasteiger partial charge in [-0.15, -0.1) is 0 Å². The minimum atomic E-state index is 0.462. The van der Waals surface area contributed by atoms with Crippen LogP contribution in [0.5, 0.6) is 0 Å². The van der Waals surface area contributed by atoms with Crippen molar-refractivity contribution >= 4 is 5.78 Å². The van der Waals surface area contributed by atoms with E-state index < -0.39 is 0 Å². The van der Waals surface area contributed by atoms with Crippen LogP contribution in [0.4, 0.5) is 0 Å². The van der Waals surface area contributed by atoms with Crippen LogP contribution in [-0.4, -0.2) is 24.5 Å². The quantitative estimate of drug-likeness (QED) is 0.580. The lowest BCUT2D eigenvalue weighted by molar-refractivity contribution is 0.422. The molecule has 1 aromatic carbocycles. The van der Waals surface area contributed by atoms with Crippen molar-refractivity contribution in [3.8, 4) is 11.6 Å². The van der Waals surface area contributed by atoms with E-state index in [1.54, 1.807) is 6.20 Å². The van der Waals surface area contributed by atoms with Crippen molar-refractivity contribution in [2.45, 2.75) is 13.3 Å². The fourth-order valence-corrected chi connectivity index (χ4v) is 2.46. The molecule has 0 amide bonds. The zero-order valence-electron chi connectivity index (χ0n) is 12.0. The number of benzene rings is 1. The highest BCUT2D eigenvalue weighted by atomic mass is 16.5. The van der Waals surface area contributed by atoms with Crippen LogP contribution in [0.2, 0.25) is 0 Å². The summed E-state index contributed by atoms with van der Waals surface area (Å²) in [6.45, 7) is 1.91. The van der Waals surface area contributed by atoms with Crippen molar-refractivity contribution in [2.75, 3.05) is 0 Å². The molecule has 0 atom stereocenters. The van der Waals surface area contributed by atoms with E-state index in [1.165, 1.54) is 0 Å². The smallest absolute Gasteiger partial charge is 0.276 e. The summed E-state index contributed by atoms with van der Waals surface area (Å²) in [5.41, 5.74) is 2.75. The van der Waals surface area contributed by atoms with Crippen LogP contribution in [-0.2, 0) is 6.42 Å². The van der Waals surface area contributed by atoms with E-state index in [-0.39, 0.29) is 0 Å². The SMILES string of the molecule is Cc1nc2ncccn2c1-c1nc(Cc2ccccc2)no1. The van der Waals surface area contributed by atoms with Crippen molar-refractivity contribution in [3.05, 3.63) is 65.9 Å². The summed E-state index contributed by atoms with van der Waals surface area (Å²) in [4.78, 5) is 13.1. The lowest BCUT2D eigenvalue weighted by Crippen LogP contribution is -1.92. The van der Waals surface area contributed by atoms with E-state index in [1.807, 2.05) is 53.9 Å². The summed E-state index contributed by atoms with van der Waals surface area (Å²) in [6, 6.07) is 11.9. The number of aryl methyl sites for hydroxylation is 1. The topological polar surface area (TPSA) is 69.1 Å². The summed E-state index contributed by atoms with van der Waals surface area (Å²) in [6.07, 6.45) is 4.23. The van der Waals surface area contributed by atoms with Gasteiger partial charge in [0, 0.05) is 18.8 Å². The second kappa shape index (κ2) is 5.07. The lowest BCUT2D eigenvalue weighted by atomic mass is 10.1. The standard InChI is InChI=1S/C16H13N5O/c1-11-14(21-9-5-8-17-16(21)18-11)15-19-13(20-22-15)10-12-6-3-2-4-7-12/h2-9H,10H2,1H3. The third-order valence-corrected chi connectivity index (χ3v) is 3.45. The molecular weight excluding hydrogens is 278 g/mol. The molecule has 22 heavy (non-hydrogen) atoms.